The monoisotopic (exact) mass is 444 g/mol. The van der Waals surface area contributed by atoms with Crippen LogP contribution in [-0.4, -0.2) is 48.3 Å². The van der Waals surface area contributed by atoms with Crippen LogP contribution in [0.25, 0.3) is 5.57 Å². The fourth-order valence-electron chi connectivity index (χ4n) is 4.77. The minimum absolute atomic E-state index is 0.276. The van der Waals surface area contributed by atoms with Gasteiger partial charge in [0.2, 0.25) is 0 Å². The van der Waals surface area contributed by atoms with Crippen molar-refractivity contribution in [2.75, 3.05) is 31.1 Å². The third-order valence-electron chi connectivity index (χ3n) is 6.52. The number of rotatable bonds is 8. The van der Waals surface area contributed by atoms with Crippen LogP contribution in [0, 0.1) is 0 Å². The Labute approximate surface area is 196 Å². The first kappa shape index (κ1) is 22.7. The van der Waals surface area contributed by atoms with Crippen LogP contribution in [0.3, 0.4) is 0 Å². The summed E-state index contributed by atoms with van der Waals surface area (Å²) in [5.41, 5.74) is 6.09. The van der Waals surface area contributed by atoms with Crippen molar-refractivity contribution in [1.82, 2.24) is 4.90 Å². The quantitative estimate of drug-likeness (QED) is 0.575. The number of benzene rings is 2. The van der Waals surface area contributed by atoms with E-state index in [1.54, 1.807) is 12.1 Å². The molecule has 1 N–H and O–H groups in total. The second-order valence-electron chi connectivity index (χ2n) is 8.17. The molecule has 33 heavy (non-hydrogen) atoms. The summed E-state index contributed by atoms with van der Waals surface area (Å²) in [6.07, 6.45) is 6.08. The number of carboxylic acids is 1. The molecule has 5 heteroatoms. The number of likely N-dealkylation sites (N-methyl/N-ethyl adjacent to an activating group) is 1. The average molecular weight is 445 g/mol. The summed E-state index contributed by atoms with van der Waals surface area (Å²) in [7, 11) is 0. The molecule has 4 rings (SSSR count). The molecule has 0 saturated heterocycles. The second-order valence-corrected chi connectivity index (χ2v) is 8.17. The zero-order valence-corrected chi connectivity index (χ0v) is 19.8. The molecule has 0 saturated carbocycles. The number of carboxylic acid groups (broad SMARTS) is 1. The predicted octanol–water partition coefficient (Wildman–Crippen LogP) is 5.59. The van der Waals surface area contributed by atoms with Crippen molar-refractivity contribution in [3.63, 3.8) is 0 Å². The Hall–Kier alpha value is -3.47. The van der Waals surface area contributed by atoms with E-state index in [0.29, 0.717) is 5.56 Å². The van der Waals surface area contributed by atoms with E-state index in [-0.39, 0.29) is 6.10 Å². The zero-order chi connectivity index (χ0) is 23.5. The molecule has 1 heterocycles. The summed E-state index contributed by atoms with van der Waals surface area (Å²) < 4.78 is 6.55. The summed E-state index contributed by atoms with van der Waals surface area (Å²) >= 11 is 0. The van der Waals surface area contributed by atoms with Gasteiger partial charge >= 0.3 is 5.97 Å². The molecule has 5 nitrogen and oxygen atoms in total. The minimum Gasteiger partial charge on any atom is -0.481 e. The fraction of sp³-hybridized carbons (Fsp3) is 0.321. The van der Waals surface area contributed by atoms with Gasteiger partial charge in [0.05, 0.1) is 5.56 Å². The van der Waals surface area contributed by atoms with Crippen molar-refractivity contribution in [2.24, 2.45) is 0 Å². The molecule has 0 spiro atoms. The Balaban J connectivity index is 1.93. The normalized spacial score (nSPS) is 16.5. The molecule has 0 fully saturated rings. The molecule has 1 aliphatic carbocycles. The molecule has 2 aromatic rings. The van der Waals surface area contributed by atoms with E-state index >= 15 is 0 Å². The van der Waals surface area contributed by atoms with Gasteiger partial charge in [-0.2, -0.15) is 0 Å². The molecule has 0 aromatic heterocycles. The Kier molecular flexibility index (Phi) is 6.59. The van der Waals surface area contributed by atoms with Gasteiger partial charge in [0.1, 0.15) is 11.9 Å². The van der Waals surface area contributed by atoms with Gasteiger partial charge in [0.25, 0.3) is 0 Å². The predicted molar refractivity (Wildman–Crippen MR) is 134 cm³/mol. The highest BCUT2D eigenvalue weighted by atomic mass is 16.5. The summed E-state index contributed by atoms with van der Waals surface area (Å²) in [5.74, 6) is -0.143. The van der Waals surface area contributed by atoms with E-state index < -0.39 is 5.97 Å². The summed E-state index contributed by atoms with van der Waals surface area (Å²) in [4.78, 5) is 16.7. The number of aromatic carboxylic acids is 1. The van der Waals surface area contributed by atoms with Gasteiger partial charge in [-0.25, -0.2) is 4.79 Å². The van der Waals surface area contributed by atoms with E-state index in [1.807, 2.05) is 12.1 Å². The van der Waals surface area contributed by atoms with Crippen LogP contribution in [0.2, 0.25) is 0 Å². The lowest BCUT2D eigenvalue weighted by Crippen LogP contribution is -2.30. The summed E-state index contributed by atoms with van der Waals surface area (Å²) in [5, 5.41) is 9.90. The molecule has 0 bridgehead atoms. The number of hydrogen-bond donors (Lipinski definition) is 1. The smallest absolute Gasteiger partial charge is 0.336 e. The van der Waals surface area contributed by atoms with Crippen molar-refractivity contribution in [3.8, 4) is 5.75 Å². The van der Waals surface area contributed by atoms with Gasteiger partial charge in [-0.15, -0.1) is 0 Å². The molecule has 0 amide bonds. The summed E-state index contributed by atoms with van der Waals surface area (Å²) in [6.45, 7) is 12.2. The van der Waals surface area contributed by atoms with E-state index in [4.69, 9.17) is 4.74 Å². The highest BCUT2D eigenvalue weighted by molar-refractivity contribution is 5.99. The molecular weight excluding hydrogens is 412 g/mol. The first-order valence-corrected chi connectivity index (χ1v) is 11.8. The lowest BCUT2D eigenvalue weighted by molar-refractivity contribution is 0.0696. The lowest BCUT2D eigenvalue weighted by Gasteiger charge is -2.34. The number of carbonyl (C=O) groups is 1. The minimum atomic E-state index is -0.929. The van der Waals surface area contributed by atoms with Gasteiger partial charge in [0.15, 0.2) is 0 Å². The van der Waals surface area contributed by atoms with Gasteiger partial charge in [0, 0.05) is 60.3 Å². The molecule has 1 aliphatic heterocycles. The van der Waals surface area contributed by atoms with Crippen molar-refractivity contribution in [2.45, 2.75) is 33.8 Å². The van der Waals surface area contributed by atoms with Crippen LogP contribution in [0.1, 0.15) is 49.2 Å². The van der Waals surface area contributed by atoms with Gasteiger partial charge in [-0.05, 0) is 63.6 Å². The molecule has 1 unspecified atom stereocenters. The van der Waals surface area contributed by atoms with Crippen LogP contribution in [0.5, 0.6) is 5.75 Å². The highest BCUT2D eigenvalue weighted by Gasteiger charge is 2.31. The third-order valence-corrected chi connectivity index (χ3v) is 6.52. The van der Waals surface area contributed by atoms with E-state index in [2.05, 4.69) is 73.9 Å². The van der Waals surface area contributed by atoms with E-state index in [9.17, 15) is 9.90 Å². The Morgan fingerprint density at radius 3 is 2.27 bits per heavy atom. The van der Waals surface area contributed by atoms with Gasteiger partial charge in [-0.1, -0.05) is 24.3 Å². The first-order chi connectivity index (χ1) is 16.0. The largest absolute Gasteiger partial charge is 0.481 e. The van der Waals surface area contributed by atoms with Crippen LogP contribution in [-0.2, 0) is 0 Å². The Bertz CT molecular complexity index is 1140. The van der Waals surface area contributed by atoms with Crippen molar-refractivity contribution >= 4 is 17.2 Å². The van der Waals surface area contributed by atoms with Crippen LogP contribution >= 0.6 is 0 Å². The number of anilines is 1. The Morgan fingerprint density at radius 2 is 1.61 bits per heavy atom. The van der Waals surface area contributed by atoms with E-state index in [0.717, 1.165) is 65.6 Å². The number of hydrogen-bond acceptors (Lipinski definition) is 4. The van der Waals surface area contributed by atoms with Gasteiger partial charge < -0.3 is 19.6 Å². The van der Waals surface area contributed by atoms with Crippen LogP contribution in [0.4, 0.5) is 5.69 Å². The zero-order valence-electron chi connectivity index (χ0n) is 19.8. The highest BCUT2D eigenvalue weighted by Crippen LogP contribution is 2.44. The fourth-order valence-corrected chi connectivity index (χ4v) is 4.77. The molecular formula is C28H32N2O3. The van der Waals surface area contributed by atoms with Crippen LogP contribution in [0.15, 0.2) is 72.0 Å². The molecule has 0 radical (unpaired) electrons. The standard InChI is InChI=1S/C28H32N2O3/c1-5-29(6-2)19-13-15-23-25(17-19)33-26-18-20(30(7-3)8-4)14-16-24(26)27(23)21-11-9-10-12-22(21)28(31)32/h9-18,25H,5-8H2,1-4H3,(H,31,32). The molecule has 1 atom stereocenters. The topological polar surface area (TPSA) is 53.0 Å². The average Bonchev–Trinajstić information content (AvgIpc) is 2.84. The molecule has 172 valence electrons. The van der Waals surface area contributed by atoms with Crippen molar-refractivity contribution in [1.29, 1.82) is 0 Å². The maximum Gasteiger partial charge on any atom is 0.336 e. The number of ether oxygens (including phenoxy) is 1. The lowest BCUT2D eigenvalue weighted by atomic mass is 9.83. The second kappa shape index (κ2) is 9.57. The molecule has 2 aromatic carbocycles. The first-order valence-electron chi connectivity index (χ1n) is 11.8. The number of allylic oxidation sites excluding steroid dienone is 1. The number of nitrogens with zero attached hydrogens (tertiary/aromatic N) is 2. The van der Waals surface area contributed by atoms with E-state index in [1.165, 1.54) is 0 Å². The van der Waals surface area contributed by atoms with Crippen molar-refractivity contribution in [3.05, 3.63) is 88.7 Å². The Morgan fingerprint density at radius 1 is 0.909 bits per heavy atom. The number of fused-ring (bicyclic) bond motifs is 2. The third kappa shape index (κ3) is 4.15. The maximum atomic E-state index is 12.1. The maximum absolute atomic E-state index is 12.1. The van der Waals surface area contributed by atoms with Crippen molar-refractivity contribution < 1.29 is 14.6 Å². The SMILES string of the molecule is CCN(CC)C1=CC2Oc3cc(N(CC)CC)ccc3C(c3ccccc3C(=O)O)=C2C=C1. The molecule has 2 aliphatic rings. The van der Waals surface area contributed by atoms with Crippen LogP contribution < -0.4 is 9.64 Å². The summed E-state index contributed by atoms with van der Waals surface area (Å²) in [6, 6.07) is 13.5. The van der Waals surface area contributed by atoms with Gasteiger partial charge in [-0.3, -0.25) is 0 Å².